The molecule has 1 aromatic heterocycles. The van der Waals surface area contributed by atoms with Crippen molar-refractivity contribution in [2.45, 2.75) is 52.7 Å². The van der Waals surface area contributed by atoms with Crippen molar-refractivity contribution in [1.29, 1.82) is 5.26 Å². The van der Waals surface area contributed by atoms with Crippen molar-refractivity contribution in [2.24, 2.45) is 5.18 Å². The van der Waals surface area contributed by atoms with Gasteiger partial charge in [0, 0.05) is 17.1 Å². The Morgan fingerprint density at radius 3 is 2.48 bits per heavy atom. The number of benzene rings is 2. The minimum Gasteiger partial charge on any atom is -0.447 e. The van der Waals surface area contributed by atoms with Gasteiger partial charge in [-0.05, 0) is 68.3 Å². The van der Waals surface area contributed by atoms with Gasteiger partial charge in [-0.3, -0.25) is 5.32 Å². The van der Waals surface area contributed by atoms with Gasteiger partial charge in [0.1, 0.15) is 11.8 Å². The fourth-order valence-electron chi connectivity index (χ4n) is 3.83. The zero-order valence-electron chi connectivity index (χ0n) is 18.2. The number of ether oxygens (including phenoxy) is 1. The number of nitriles is 1. The molecule has 0 saturated carbocycles. The van der Waals surface area contributed by atoms with Crippen molar-refractivity contribution >= 4 is 28.4 Å². The van der Waals surface area contributed by atoms with Gasteiger partial charge in [-0.25, -0.2) is 4.79 Å². The summed E-state index contributed by atoms with van der Waals surface area (Å²) in [7, 11) is 0. The largest absolute Gasteiger partial charge is 0.447 e. The molecule has 1 N–H and O–H groups in total. The number of carbonyl (C=O) groups is 1. The zero-order chi connectivity index (χ0) is 22.5. The first-order valence-electron chi connectivity index (χ1n) is 10.4. The lowest BCUT2D eigenvalue weighted by atomic mass is 10.0. The molecule has 1 heterocycles. The van der Waals surface area contributed by atoms with Crippen LogP contribution in [0.5, 0.6) is 0 Å². The van der Waals surface area contributed by atoms with Crippen molar-refractivity contribution in [1.82, 2.24) is 4.57 Å². The molecule has 31 heavy (non-hydrogen) atoms. The summed E-state index contributed by atoms with van der Waals surface area (Å²) in [6.45, 7) is 7.79. The Morgan fingerprint density at radius 1 is 1.19 bits per heavy atom. The van der Waals surface area contributed by atoms with E-state index in [1.165, 1.54) is 0 Å². The minimum absolute atomic E-state index is 0.116. The molecule has 3 rings (SSSR count). The Bertz CT molecular complexity index is 1140. The highest BCUT2D eigenvalue weighted by Crippen LogP contribution is 2.38. The van der Waals surface area contributed by atoms with Crippen LogP contribution in [0, 0.1) is 16.2 Å². The number of fused-ring (bicyclic) bond motifs is 1. The lowest BCUT2D eigenvalue weighted by molar-refractivity contribution is 0.130. The normalized spacial score (nSPS) is 11.9. The van der Waals surface area contributed by atoms with Crippen LogP contribution in [-0.4, -0.2) is 16.8 Å². The summed E-state index contributed by atoms with van der Waals surface area (Å²) in [5.41, 5.74) is 3.93. The number of hydrogen-bond acceptors (Lipinski definition) is 5. The first-order valence-corrected chi connectivity index (χ1v) is 10.4. The van der Waals surface area contributed by atoms with E-state index < -0.39 is 6.09 Å². The van der Waals surface area contributed by atoms with E-state index >= 15 is 0 Å². The summed E-state index contributed by atoms with van der Waals surface area (Å²) in [6, 6.07) is 14.9. The molecule has 0 spiro atoms. The van der Waals surface area contributed by atoms with Crippen LogP contribution in [0.3, 0.4) is 0 Å². The average molecular weight is 418 g/mol. The van der Waals surface area contributed by atoms with Gasteiger partial charge in [0.25, 0.3) is 0 Å². The number of carbonyl (C=O) groups excluding carboxylic acids is 1. The molecule has 0 aliphatic carbocycles. The fourth-order valence-corrected chi connectivity index (χ4v) is 3.83. The molecule has 7 nitrogen and oxygen atoms in total. The Morgan fingerprint density at radius 2 is 1.90 bits per heavy atom. The second kappa shape index (κ2) is 9.43. The van der Waals surface area contributed by atoms with Gasteiger partial charge in [0.05, 0.1) is 22.9 Å². The highest BCUT2D eigenvalue weighted by atomic mass is 16.6. The van der Waals surface area contributed by atoms with E-state index in [9.17, 15) is 15.0 Å². The molecule has 0 saturated heterocycles. The number of amides is 1. The Hall–Kier alpha value is -3.66. The van der Waals surface area contributed by atoms with E-state index in [0.717, 1.165) is 35.0 Å². The molecular formula is C24H26N4O3. The maximum absolute atomic E-state index is 11.9. The summed E-state index contributed by atoms with van der Waals surface area (Å²) < 4.78 is 7.23. The van der Waals surface area contributed by atoms with Crippen molar-refractivity contribution in [3.05, 3.63) is 52.9 Å². The third kappa shape index (κ3) is 4.58. The predicted octanol–water partition coefficient (Wildman–Crippen LogP) is 6.90. The van der Waals surface area contributed by atoms with Gasteiger partial charge in [-0.15, -0.1) is 4.91 Å². The van der Waals surface area contributed by atoms with Gasteiger partial charge in [0.15, 0.2) is 0 Å². The van der Waals surface area contributed by atoms with Crippen LogP contribution < -0.4 is 5.32 Å². The van der Waals surface area contributed by atoms with Crippen LogP contribution in [-0.2, 0) is 4.74 Å². The molecule has 3 aromatic rings. The highest BCUT2D eigenvalue weighted by Gasteiger charge is 2.22. The number of rotatable bonds is 7. The average Bonchev–Trinajstić information content (AvgIpc) is 3.07. The van der Waals surface area contributed by atoms with Crippen molar-refractivity contribution in [3.63, 3.8) is 0 Å². The third-order valence-corrected chi connectivity index (χ3v) is 5.10. The first kappa shape index (κ1) is 22.0. The van der Waals surface area contributed by atoms with Crippen molar-refractivity contribution in [3.8, 4) is 17.3 Å². The second-order valence-corrected chi connectivity index (χ2v) is 7.79. The molecular weight excluding hydrogens is 392 g/mol. The molecule has 2 aromatic carbocycles. The fraction of sp³-hybridized carbons (Fsp3) is 0.333. The summed E-state index contributed by atoms with van der Waals surface area (Å²) in [5, 5.41) is 16.5. The van der Waals surface area contributed by atoms with Crippen LogP contribution in [0.25, 0.3) is 22.2 Å². The van der Waals surface area contributed by atoms with Crippen LogP contribution >= 0.6 is 0 Å². The highest BCUT2D eigenvalue weighted by molar-refractivity contribution is 5.96. The Kier molecular flexibility index (Phi) is 6.71. The number of nitrogens with one attached hydrogen (secondary N) is 1. The molecule has 0 bridgehead atoms. The van der Waals surface area contributed by atoms with Crippen LogP contribution in [0.15, 0.2) is 47.6 Å². The van der Waals surface area contributed by atoms with E-state index in [4.69, 9.17) is 4.74 Å². The molecule has 0 radical (unpaired) electrons. The SMILES string of the molecule is CCCC(C)n1c(-c2ccc(NC(=O)OC(C)C)cc2)c(C#N)c2ccc(N=O)cc21. The summed E-state index contributed by atoms with van der Waals surface area (Å²) in [5.74, 6) is 0. The summed E-state index contributed by atoms with van der Waals surface area (Å²) in [6.07, 6.45) is 1.18. The zero-order valence-corrected chi connectivity index (χ0v) is 18.2. The maximum atomic E-state index is 11.9. The van der Waals surface area contributed by atoms with Crippen molar-refractivity contribution in [2.75, 3.05) is 5.32 Å². The molecule has 160 valence electrons. The van der Waals surface area contributed by atoms with Crippen LogP contribution in [0.2, 0.25) is 0 Å². The molecule has 1 unspecified atom stereocenters. The summed E-state index contributed by atoms with van der Waals surface area (Å²) >= 11 is 0. The van der Waals surface area contributed by atoms with Gasteiger partial charge < -0.3 is 9.30 Å². The maximum Gasteiger partial charge on any atom is 0.411 e. The van der Waals surface area contributed by atoms with E-state index in [1.807, 2.05) is 12.1 Å². The van der Waals surface area contributed by atoms with Gasteiger partial charge in [0.2, 0.25) is 0 Å². The second-order valence-electron chi connectivity index (χ2n) is 7.79. The predicted molar refractivity (Wildman–Crippen MR) is 122 cm³/mol. The smallest absolute Gasteiger partial charge is 0.411 e. The summed E-state index contributed by atoms with van der Waals surface area (Å²) in [4.78, 5) is 23.0. The lowest BCUT2D eigenvalue weighted by Crippen LogP contribution is -2.17. The number of nitrogens with zero attached hydrogens (tertiary/aromatic N) is 3. The number of anilines is 1. The topological polar surface area (TPSA) is 96.5 Å². The molecule has 7 heteroatoms. The van der Waals surface area contributed by atoms with Gasteiger partial charge in [-0.2, -0.15) is 5.26 Å². The first-order chi connectivity index (χ1) is 14.9. The quantitative estimate of drug-likeness (QED) is 0.422. The number of hydrogen-bond donors (Lipinski definition) is 1. The Balaban J connectivity index is 2.12. The Labute approximate surface area is 181 Å². The molecule has 0 aliphatic rings. The number of nitroso groups, excluding NO2 is 1. The van der Waals surface area contributed by atoms with Crippen LogP contribution in [0.4, 0.5) is 16.2 Å². The molecule has 0 aliphatic heterocycles. The number of aromatic nitrogens is 1. The van der Waals surface area contributed by atoms with Crippen molar-refractivity contribution < 1.29 is 9.53 Å². The van der Waals surface area contributed by atoms with E-state index in [1.54, 1.807) is 44.2 Å². The molecule has 1 amide bonds. The molecule has 0 fully saturated rings. The monoisotopic (exact) mass is 418 g/mol. The lowest BCUT2D eigenvalue weighted by Gasteiger charge is -2.19. The molecule has 1 atom stereocenters. The van der Waals surface area contributed by atoms with E-state index in [2.05, 4.69) is 35.0 Å². The van der Waals surface area contributed by atoms with Gasteiger partial charge in [-0.1, -0.05) is 25.5 Å². The minimum atomic E-state index is -0.514. The third-order valence-electron chi connectivity index (χ3n) is 5.10. The van der Waals surface area contributed by atoms with Crippen LogP contribution in [0.1, 0.15) is 52.1 Å². The van der Waals surface area contributed by atoms with E-state index in [0.29, 0.717) is 16.9 Å². The standard InChI is InChI=1S/C24H26N4O3/c1-5-6-16(4)28-22-13-19(27-30)11-12-20(22)21(14-25)23(28)17-7-9-18(10-8-17)26-24(29)31-15(2)3/h7-13,15-16H,5-6H2,1-4H3,(H,26,29). The van der Waals surface area contributed by atoms with Gasteiger partial charge >= 0.3 is 6.09 Å². The van der Waals surface area contributed by atoms with E-state index in [-0.39, 0.29) is 12.1 Å².